The Labute approximate surface area is 151 Å². The molecule has 1 fully saturated rings. The lowest BCUT2D eigenvalue weighted by molar-refractivity contribution is -0.384. The molecule has 0 saturated carbocycles. The first-order chi connectivity index (χ1) is 11.3. The van der Waals surface area contributed by atoms with Gasteiger partial charge in [-0.25, -0.2) is 0 Å². The van der Waals surface area contributed by atoms with Crippen LogP contribution in [0.15, 0.2) is 30.4 Å². The van der Waals surface area contributed by atoms with Gasteiger partial charge in [0.2, 0.25) is 0 Å². The summed E-state index contributed by atoms with van der Waals surface area (Å²) in [5.41, 5.74) is -0.692. The zero-order valence-electron chi connectivity index (χ0n) is 11.9. The van der Waals surface area contributed by atoms with Crippen molar-refractivity contribution in [2.45, 2.75) is 0 Å². The van der Waals surface area contributed by atoms with Gasteiger partial charge in [0.15, 0.2) is 5.11 Å². The minimum Gasteiger partial charge on any atom is -0.298 e. The molecule has 24 heavy (non-hydrogen) atoms. The van der Waals surface area contributed by atoms with Crippen LogP contribution in [0, 0.1) is 10.1 Å². The van der Waals surface area contributed by atoms with Crippen LogP contribution in [-0.2, 0) is 9.59 Å². The number of hydrogen-bond acceptors (Lipinski definition) is 5. The van der Waals surface area contributed by atoms with E-state index in [0.29, 0.717) is 0 Å². The van der Waals surface area contributed by atoms with Gasteiger partial charge >= 0.3 is 0 Å². The lowest BCUT2D eigenvalue weighted by Gasteiger charge is -2.27. The first-order valence-electron chi connectivity index (χ1n) is 6.40. The van der Waals surface area contributed by atoms with Gasteiger partial charge in [-0.2, -0.15) is 0 Å². The second kappa shape index (κ2) is 7.08. The molecule has 1 heterocycles. The van der Waals surface area contributed by atoms with E-state index >= 15 is 0 Å². The van der Waals surface area contributed by atoms with Crippen molar-refractivity contribution in [3.05, 3.63) is 56.1 Å². The van der Waals surface area contributed by atoms with Crippen molar-refractivity contribution < 1.29 is 14.5 Å². The summed E-state index contributed by atoms with van der Waals surface area (Å²) in [5, 5.41) is 13.0. The topological polar surface area (TPSA) is 92.6 Å². The molecule has 124 valence electrons. The second-order valence-corrected chi connectivity index (χ2v) is 5.74. The van der Waals surface area contributed by atoms with Crippen molar-refractivity contribution >= 4 is 64.1 Å². The highest BCUT2D eigenvalue weighted by molar-refractivity contribution is 7.80. The summed E-state index contributed by atoms with van der Waals surface area (Å²) in [6.07, 6.45) is 2.54. The number of rotatable bonds is 4. The van der Waals surface area contributed by atoms with Crippen LogP contribution in [0.1, 0.15) is 5.56 Å². The lowest BCUT2D eigenvalue weighted by Crippen LogP contribution is -2.53. The molecule has 1 saturated heterocycles. The Bertz CT molecular complexity index is 822. The number of hydrogen-bond donors (Lipinski definition) is 1. The molecule has 0 atom stereocenters. The molecule has 0 bridgehead atoms. The predicted molar refractivity (Wildman–Crippen MR) is 93.7 cm³/mol. The minimum absolute atomic E-state index is 0.00240. The average molecular weight is 386 g/mol. The summed E-state index contributed by atoms with van der Waals surface area (Å²) in [6, 6.07) is 2.39. The van der Waals surface area contributed by atoms with E-state index in [0.717, 1.165) is 17.0 Å². The fourth-order valence-corrected chi connectivity index (χ4v) is 2.76. The number of thiocarbonyl (C=S) groups is 1. The van der Waals surface area contributed by atoms with E-state index < -0.39 is 22.4 Å². The number of carbonyl (C=O) groups excluding carboxylic acids is 2. The Morgan fingerprint density at radius 3 is 2.62 bits per heavy atom. The van der Waals surface area contributed by atoms with E-state index in [9.17, 15) is 19.7 Å². The predicted octanol–water partition coefficient (Wildman–Crippen LogP) is 2.71. The molecule has 2 amide bonds. The maximum atomic E-state index is 12.4. The Kier molecular flexibility index (Phi) is 5.33. The summed E-state index contributed by atoms with van der Waals surface area (Å²) in [6.45, 7) is 3.60. The van der Waals surface area contributed by atoms with Crippen LogP contribution < -0.4 is 5.32 Å². The van der Waals surface area contributed by atoms with Crippen LogP contribution in [-0.4, -0.2) is 33.3 Å². The van der Waals surface area contributed by atoms with E-state index in [1.54, 1.807) is 0 Å². The maximum Gasteiger partial charge on any atom is 0.288 e. The molecule has 1 aromatic carbocycles. The molecule has 1 aromatic rings. The monoisotopic (exact) mass is 385 g/mol. The van der Waals surface area contributed by atoms with Crippen LogP contribution in [0.5, 0.6) is 0 Å². The molecule has 0 spiro atoms. The molecule has 0 aliphatic carbocycles. The third-order valence-electron chi connectivity index (χ3n) is 3.09. The first-order valence-corrected chi connectivity index (χ1v) is 7.56. The van der Waals surface area contributed by atoms with Crippen molar-refractivity contribution in [2.75, 3.05) is 6.54 Å². The van der Waals surface area contributed by atoms with Crippen molar-refractivity contribution in [2.24, 2.45) is 0 Å². The molecule has 1 aliphatic rings. The molecule has 0 aromatic heterocycles. The largest absolute Gasteiger partial charge is 0.298 e. The fraction of sp³-hybridized carbons (Fsp3) is 0.0714. The highest BCUT2D eigenvalue weighted by atomic mass is 35.5. The third kappa shape index (κ3) is 3.30. The van der Waals surface area contributed by atoms with Crippen molar-refractivity contribution in [1.82, 2.24) is 10.2 Å². The van der Waals surface area contributed by atoms with Gasteiger partial charge in [0.1, 0.15) is 10.6 Å². The second-order valence-electron chi connectivity index (χ2n) is 4.57. The van der Waals surface area contributed by atoms with E-state index in [4.69, 9.17) is 35.4 Å². The molecule has 0 unspecified atom stereocenters. The fourth-order valence-electron chi connectivity index (χ4n) is 1.96. The molecule has 0 radical (unpaired) electrons. The van der Waals surface area contributed by atoms with Crippen molar-refractivity contribution in [3.8, 4) is 0 Å². The molecular formula is C14H9Cl2N3O4S. The van der Waals surface area contributed by atoms with Crippen molar-refractivity contribution in [3.63, 3.8) is 0 Å². The quantitative estimate of drug-likeness (QED) is 0.215. The van der Waals surface area contributed by atoms with E-state index in [2.05, 4.69) is 11.9 Å². The third-order valence-corrected chi connectivity index (χ3v) is 4.14. The molecule has 7 nitrogen and oxygen atoms in total. The van der Waals surface area contributed by atoms with Gasteiger partial charge < -0.3 is 0 Å². The number of halogens is 2. The summed E-state index contributed by atoms with van der Waals surface area (Å²) in [7, 11) is 0. The highest BCUT2D eigenvalue weighted by Gasteiger charge is 2.33. The van der Waals surface area contributed by atoms with Gasteiger partial charge in [0, 0.05) is 23.2 Å². The van der Waals surface area contributed by atoms with Crippen LogP contribution in [0.3, 0.4) is 0 Å². The Balaban J connectivity index is 2.57. The summed E-state index contributed by atoms with van der Waals surface area (Å²) in [4.78, 5) is 35.9. The number of nitro benzene ring substituents is 1. The minimum atomic E-state index is -0.746. The van der Waals surface area contributed by atoms with Crippen LogP contribution in [0.25, 0.3) is 6.08 Å². The van der Waals surface area contributed by atoms with E-state index in [1.165, 1.54) is 12.1 Å². The number of carbonyl (C=O) groups is 2. The smallest absolute Gasteiger partial charge is 0.288 e. The van der Waals surface area contributed by atoms with Gasteiger partial charge in [-0.1, -0.05) is 29.3 Å². The van der Waals surface area contributed by atoms with Gasteiger partial charge in [-0.3, -0.25) is 29.9 Å². The standard InChI is InChI=1S/C14H9Cl2N3O4S/c1-2-5-18-13(21)8(12(20)17-14(18)24)6-7-9(15)3-4-10(11(7)16)19(22)23/h2-4,6H,1,5H2,(H,17,20,24)/b8-6+. The number of nitrogens with one attached hydrogen (secondary N) is 1. The van der Waals surface area contributed by atoms with Gasteiger partial charge in [0.05, 0.1) is 4.92 Å². The van der Waals surface area contributed by atoms with Gasteiger partial charge in [-0.15, -0.1) is 6.58 Å². The van der Waals surface area contributed by atoms with Crippen LogP contribution in [0.4, 0.5) is 5.69 Å². The number of nitro groups is 1. The van der Waals surface area contributed by atoms with E-state index in [1.807, 2.05) is 0 Å². The van der Waals surface area contributed by atoms with E-state index in [-0.39, 0.29) is 32.8 Å². The normalized spacial score (nSPS) is 16.3. The first kappa shape index (κ1) is 18.1. The molecular weight excluding hydrogens is 377 g/mol. The molecule has 1 aliphatic heterocycles. The summed E-state index contributed by atoms with van der Waals surface area (Å²) < 4.78 is 0. The van der Waals surface area contributed by atoms with Gasteiger partial charge in [0.25, 0.3) is 17.5 Å². The maximum absolute atomic E-state index is 12.4. The number of amides is 2. The zero-order valence-corrected chi connectivity index (χ0v) is 14.2. The Hall–Kier alpha value is -2.29. The molecule has 2 rings (SSSR count). The van der Waals surface area contributed by atoms with Crippen LogP contribution in [0.2, 0.25) is 10.0 Å². The zero-order chi connectivity index (χ0) is 18.0. The average Bonchev–Trinajstić information content (AvgIpc) is 2.50. The SMILES string of the molecule is C=CCN1C(=O)/C(=C/c2c(Cl)ccc([N+](=O)[O-])c2Cl)C(=O)NC1=S. The summed E-state index contributed by atoms with van der Waals surface area (Å²) >= 11 is 16.9. The Morgan fingerprint density at radius 1 is 1.38 bits per heavy atom. The van der Waals surface area contributed by atoms with Crippen molar-refractivity contribution in [1.29, 1.82) is 0 Å². The highest BCUT2D eigenvalue weighted by Crippen LogP contribution is 2.35. The Morgan fingerprint density at radius 2 is 2.04 bits per heavy atom. The number of benzene rings is 1. The van der Waals surface area contributed by atoms with Crippen LogP contribution >= 0.6 is 35.4 Å². The number of nitrogens with zero attached hydrogens (tertiary/aromatic N) is 2. The molecule has 10 heteroatoms. The molecule has 1 N–H and O–H groups in total. The lowest BCUT2D eigenvalue weighted by atomic mass is 10.1. The van der Waals surface area contributed by atoms with Gasteiger partial charge in [-0.05, 0) is 24.4 Å². The summed E-state index contributed by atoms with van der Waals surface area (Å²) in [5.74, 6) is -1.42.